The fourth-order valence-corrected chi connectivity index (χ4v) is 4.61. The predicted octanol–water partition coefficient (Wildman–Crippen LogP) is 5.76. The fraction of sp³-hybridized carbons (Fsp3) is 0.136. The number of benzene rings is 2. The monoisotopic (exact) mass is 392 g/mol. The third-order valence-corrected chi connectivity index (χ3v) is 6.28. The summed E-state index contributed by atoms with van der Waals surface area (Å²) in [5.74, 6) is 0.866. The molecular formula is C22H20N2OS2. The molecule has 3 nitrogen and oxygen atoms in total. The first-order valence-electron chi connectivity index (χ1n) is 8.74. The van der Waals surface area contributed by atoms with Crippen LogP contribution in [0.3, 0.4) is 0 Å². The molecule has 1 unspecified atom stereocenters. The van der Waals surface area contributed by atoms with Gasteiger partial charge in [0.1, 0.15) is 10.8 Å². The van der Waals surface area contributed by atoms with E-state index < -0.39 is 0 Å². The lowest BCUT2D eigenvalue weighted by Crippen LogP contribution is -2.22. The van der Waals surface area contributed by atoms with Gasteiger partial charge in [-0.3, -0.25) is 0 Å². The average Bonchev–Trinajstić information content (AvgIpc) is 3.41. The van der Waals surface area contributed by atoms with Gasteiger partial charge in [0.25, 0.3) is 0 Å². The molecule has 0 fully saturated rings. The lowest BCUT2D eigenvalue weighted by atomic mass is 9.98. The van der Waals surface area contributed by atoms with Crippen LogP contribution in [0, 0.1) is 0 Å². The maximum Gasteiger partial charge on any atom is 0.133 e. The maximum atomic E-state index is 5.29. The number of rotatable bonds is 7. The first kappa shape index (κ1) is 17.9. The second kappa shape index (κ2) is 8.48. The van der Waals surface area contributed by atoms with E-state index in [4.69, 9.17) is 9.72 Å². The van der Waals surface area contributed by atoms with E-state index in [2.05, 4.69) is 64.6 Å². The number of hydrogen-bond donors (Lipinski definition) is 1. The topological polar surface area (TPSA) is 34.1 Å². The van der Waals surface area contributed by atoms with Gasteiger partial charge in [-0.1, -0.05) is 48.5 Å². The number of methoxy groups -OCH3 is 1. The van der Waals surface area contributed by atoms with Crippen LogP contribution in [-0.2, 0) is 6.54 Å². The molecular weight excluding hydrogens is 372 g/mol. The van der Waals surface area contributed by atoms with Gasteiger partial charge in [-0.2, -0.15) is 0 Å². The Morgan fingerprint density at radius 2 is 1.70 bits per heavy atom. The van der Waals surface area contributed by atoms with Crippen molar-refractivity contribution in [2.45, 2.75) is 12.6 Å². The number of thiophene rings is 1. The van der Waals surface area contributed by atoms with Gasteiger partial charge in [-0.25, -0.2) is 4.98 Å². The highest BCUT2D eigenvalue weighted by molar-refractivity contribution is 7.20. The summed E-state index contributed by atoms with van der Waals surface area (Å²) in [6, 6.07) is 23.0. The van der Waals surface area contributed by atoms with Gasteiger partial charge in [0, 0.05) is 11.9 Å². The minimum Gasteiger partial charge on any atom is -0.497 e. The lowest BCUT2D eigenvalue weighted by molar-refractivity contribution is 0.414. The Labute approximate surface area is 167 Å². The van der Waals surface area contributed by atoms with Crippen molar-refractivity contribution in [2.75, 3.05) is 7.11 Å². The molecule has 5 heteroatoms. The molecule has 136 valence electrons. The number of thiazole rings is 1. The number of aromatic nitrogens is 1. The quantitative estimate of drug-likeness (QED) is 0.434. The van der Waals surface area contributed by atoms with Crippen molar-refractivity contribution in [1.82, 2.24) is 10.3 Å². The Balaban J connectivity index is 1.54. The van der Waals surface area contributed by atoms with Gasteiger partial charge in [0.2, 0.25) is 0 Å². The summed E-state index contributed by atoms with van der Waals surface area (Å²) < 4.78 is 5.29. The van der Waals surface area contributed by atoms with E-state index in [1.807, 2.05) is 18.2 Å². The molecule has 2 aromatic carbocycles. The van der Waals surface area contributed by atoms with Crippen LogP contribution in [0.4, 0.5) is 0 Å². The molecule has 0 bridgehead atoms. The average molecular weight is 393 g/mol. The third kappa shape index (κ3) is 4.27. The molecule has 0 saturated heterocycles. The van der Waals surface area contributed by atoms with Crippen LogP contribution in [-0.4, -0.2) is 12.1 Å². The first-order valence-corrected chi connectivity index (χ1v) is 10.5. The predicted molar refractivity (Wildman–Crippen MR) is 114 cm³/mol. The molecule has 2 heterocycles. The molecule has 4 aromatic rings. The molecule has 0 spiro atoms. The van der Waals surface area contributed by atoms with E-state index in [0.29, 0.717) is 6.54 Å². The van der Waals surface area contributed by atoms with Crippen molar-refractivity contribution in [1.29, 1.82) is 0 Å². The molecule has 0 aliphatic rings. The standard InChI is InChI=1S/C22H20N2OS2/c1-25-19-11-9-17(10-12-19)21(16-6-3-2-4-7-16)23-14-18-15-27-22(24-18)20-8-5-13-26-20/h2-13,15,21,23H,14H2,1H3. The number of nitrogens with zero attached hydrogens (tertiary/aromatic N) is 1. The summed E-state index contributed by atoms with van der Waals surface area (Å²) >= 11 is 3.42. The Bertz CT molecular complexity index is 963. The smallest absolute Gasteiger partial charge is 0.133 e. The summed E-state index contributed by atoms with van der Waals surface area (Å²) in [6.45, 7) is 0.716. The van der Waals surface area contributed by atoms with Gasteiger partial charge in [0.05, 0.1) is 23.7 Å². The van der Waals surface area contributed by atoms with Crippen molar-refractivity contribution in [3.8, 4) is 15.6 Å². The van der Waals surface area contributed by atoms with Crippen LogP contribution in [0.5, 0.6) is 5.75 Å². The molecule has 2 aromatic heterocycles. The van der Waals surface area contributed by atoms with Gasteiger partial charge < -0.3 is 10.1 Å². The van der Waals surface area contributed by atoms with E-state index in [9.17, 15) is 0 Å². The highest BCUT2D eigenvalue weighted by Gasteiger charge is 2.15. The normalized spacial score (nSPS) is 12.0. The van der Waals surface area contributed by atoms with Gasteiger partial charge in [-0.05, 0) is 34.7 Å². The summed E-state index contributed by atoms with van der Waals surface area (Å²) in [7, 11) is 1.69. The summed E-state index contributed by atoms with van der Waals surface area (Å²) in [5, 5.41) is 8.98. The van der Waals surface area contributed by atoms with Crippen LogP contribution in [0.2, 0.25) is 0 Å². The zero-order valence-corrected chi connectivity index (χ0v) is 16.6. The lowest BCUT2D eigenvalue weighted by Gasteiger charge is -2.19. The largest absolute Gasteiger partial charge is 0.497 e. The number of hydrogen-bond acceptors (Lipinski definition) is 5. The van der Waals surface area contributed by atoms with Crippen LogP contribution >= 0.6 is 22.7 Å². The Hall–Kier alpha value is -2.47. The van der Waals surface area contributed by atoms with E-state index in [1.165, 1.54) is 16.0 Å². The van der Waals surface area contributed by atoms with E-state index in [-0.39, 0.29) is 6.04 Å². The molecule has 0 saturated carbocycles. The molecule has 0 aliphatic heterocycles. The first-order chi connectivity index (χ1) is 13.3. The summed E-state index contributed by atoms with van der Waals surface area (Å²) in [4.78, 5) is 6.01. The zero-order chi connectivity index (χ0) is 18.5. The highest BCUT2D eigenvalue weighted by Crippen LogP contribution is 2.29. The second-order valence-corrected chi connectivity index (χ2v) is 7.92. The molecule has 27 heavy (non-hydrogen) atoms. The molecule has 1 atom stereocenters. The Kier molecular flexibility index (Phi) is 5.63. The minimum atomic E-state index is 0.101. The summed E-state index contributed by atoms with van der Waals surface area (Å²) in [6.07, 6.45) is 0. The van der Waals surface area contributed by atoms with Crippen LogP contribution in [0.25, 0.3) is 9.88 Å². The highest BCUT2D eigenvalue weighted by atomic mass is 32.1. The van der Waals surface area contributed by atoms with Crippen LogP contribution < -0.4 is 10.1 Å². The number of ether oxygens (including phenoxy) is 1. The number of nitrogens with one attached hydrogen (secondary N) is 1. The fourth-order valence-electron chi connectivity index (χ4n) is 2.98. The molecule has 0 amide bonds. The van der Waals surface area contributed by atoms with Crippen molar-refractivity contribution < 1.29 is 4.74 Å². The van der Waals surface area contributed by atoms with Crippen LogP contribution in [0.15, 0.2) is 77.5 Å². The van der Waals surface area contributed by atoms with Gasteiger partial charge in [-0.15, -0.1) is 22.7 Å². The SMILES string of the molecule is COc1ccc(C(NCc2csc(-c3cccs3)n2)c2ccccc2)cc1. The molecule has 0 aliphatic carbocycles. The van der Waals surface area contributed by atoms with E-state index in [0.717, 1.165) is 16.5 Å². The Morgan fingerprint density at radius 3 is 2.41 bits per heavy atom. The molecule has 0 radical (unpaired) electrons. The van der Waals surface area contributed by atoms with E-state index in [1.54, 1.807) is 29.8 Å². The van der Waals surface area contributed by atoms with Gasteiger partial charge in [0.15, 0.2) is 0 Å². The van der Waals surface area contributed by atoms with Crippen molar-refractivity contribution >= 4 is 22.7 Å². The summed E-state index contributed by atoms with van der Waals surface area (Å²) in [5.41, 5.74) is 3.50. The zero-order valence-electron chi connectivity index (χ0n) is 15.0. The Morgan fingerprint density at radius 1 is 0.926 bits per heavy atom. The van der Waals surface area contributed by atoms with Crippen LogP contribution in [0.1, 0.15) is 22.9 Å². The second-order valence-electron chi connectivity index (χ2n) is 6.12. The third-order valence-electron chi connectivity index (χ3n) is 4.35. The minimum absolute atomic E-state index is 0.101. The molecule has 4 rings (SSSR count). The van der Waals surface area contributed by atoms with Crippen molar-refractivity contribution in [3.05, 3.63) is 94.3 Å². The van der Waals surface area contributed by atoms with Crippen molar-refractivity contribution in [2.24, 2.45) is 0 Å². The maximum absolute atomic E-state index is 5.29. The van der Waals surface area contributed by atoms with Gasteiger partial charge >= 0.3 is 0 Å². The van der Waals surface area contributed by atoms with Crippen molar-refractivity contribution in [3.63, 3.8) is 0 Å². The van der Waals surface area contributed by atoms with E-state index >= 15 is 0 Å². The molecule has 1 N–H and O–H groups in total.